The standard InChI is InChI=1S/C23H20N10O2/c1-31-10-5-23(35,21(31)34)16-11-15(12-24-13-16)17-4-9-32(30-17)19-3-7-26-22(29-19)28-18-14-27-33-8-2-6-25-20(18)33/h2-4,6-9,11-14,35H,5,10H2,1H3,(H,26,28,29)/t23-/m0/s1. The van der Waals surface area contributed by atoms with Crippen molar-refractivity contribution < 1.29 is 9.90 Å². The van der Waals surface area contributed by atoms with Crippen LogP contribution in [0.15, 0.2) is 67.6 Å². The van der Waals surface area contributed by atoms with Crippen LogP contribution in [0.3, 0.4) is 0 Å². The van der Waals surface area contributed by atoms with Gasteiger partial charge < -0.3 is 15.3 Å². The highest BCUT2D eigenvalue weighted by atomic mass is 16.3. The fourth-order valence-electron chi connectivity index (χ4n) is 4.11. The molecule has 6 heterocycles. The number of pyridine rings is 1. The minimum Gasteiger partial charge on any atom is -0.375 e. The third-order valence-corrected chi connectivity index (χ3v) is 6.01. The molecule has 5 aromatic rings. The van der Waals surface area contributed by atoms with Gasteiger partial charge in [-0.2, -0.15) is 15.2 Å². The number of nitrogens with one attached hydrogen (secondary N) is 1. The Labute approximate surface area is 198 Å². The van der Waals surface area contributed by atoms with Gasteiger partial charge in [0.2, 0.25) is 5.95 Å². The van der Waals surface area contributed by atoms with E-state index in [4.69, 9.17) is 0 Å². The molecule has 6 rings (SSSR count). The molecule has 0 aliphatic carbocycles. The lowest BCUT2D eigenvalue weighted by atomic mass is 9.92. The minimum atomic E-state index is -1.57. The van der Waals surface area contributed by atoms with E-state index in [2.05, 4.69) is 35.5 Å². The van der Waals surface area contributed by atoms with Crippen molar-refractivity contribution in [3.05, 3.63) is 73.2 Å². The first-order chi connectivity index (χ1) is 17.0. The number of rotatable bonds is 5. The van der Waals surface area contributed by atoms with Crippen LogP contribution in [-0.2, 0) is 10.4 Å². The Morgan fingerprint density at radius 2 is 2.03 bits per heavy atom. The molecule has 1 amide bonds. The van der Waals surface area contributed by atoms with Gasteiger partial charge in [-0.15, -0.1) is 0 Å². The Morgan fingerprint density at radius 1 is 1.11 bits per heavy atom. The fraction of sp³-hybridized carbons (Fsp3) is 0.174. The molecule has 0 saturated carbocycles. The first kappa shape index (κ1) is 20.9. The molecule has 0 unspecified atom stereocenters. The van der Waals surface area contributed by atoms with Gasteiger partial charge in [0.05, 0.1) is 11.9 Å². The highest BCUT2D eigenvalue weighted by Gasteiger charge is 2.45. The molecule has 1 fully saturated rings. The summed E-state index contributed by atoms with van der Waals surface area (Å²) < 4.78 is 3.27. The van der Waals surface area contributed by atoms with Gasteiger partial charge in [0, 0.05) is 74.4 Å². The zero-order valence-corrected chi connectivity index (χ0v) is 18.6. The molecular formula is C23H20N10O2. The molecule has 2 N–H and O–H groups in total. The number of fused-ring (bicyclic) bond motifs is 1. The van der Waals surface area contributed by atoms with E-state index in [1.54, 1.807) is 71.6 Å². The predicted octanol–water partition coefficient (Wildman–Crippen LogP) is 1.56. The predicted molar refractivity (Wildman–Crippen MR) is 125 cm³/mol. The molecule has 0 spiro atoms. The van der Waals surface area contributed by atoms with Crippen LogP contribution in [0.25, 0.3) is 22.7 Å². The number of carbonyl (C=O) groups is 1. The summed E-state index contributed by atoms with van der Waals surface area (Å²) in [6.07, 6.45) is 12.0. The van der Waals surface area contributed by atoms with E-state index in [0.29, 0.717) is 52.9 Å². The summed E-state index contributed by atoms with van der Waals surface area (Å²) in [5.41, 5.74) is 1.53. The lowest BCUT2D eigenvalue weighted by molar-refractivity contribution is -0.143. The summed E-state index contributed by atoms with van der Waals surface area (Å²) in [4.78, 5) is 31.4. The number of amides is 1. The van der Waals surface area contributed by atoms with Crippen molar-refractivity contribution in [2.75, 3.05) is 18.9 Å². The largest absolute Gasteiger partial charge is 0.375 e. The van der Waals surface area contributed by atoms with Crippen LogP contribution in [0.4, 0.5) is 11.6 Å². The monoisotopic (exact) mass is 468 g/mol. The van der Waals surface area contributed by atoms with E-state index < -0.39 is 5.60 Å². The van der Waals surface area contributed by atoms with Gasteiger partial charge in [0.1, 0.15) is 5.69 Å². The molecule has 174 valence electrons. The molecular weight excluding hydrogens is 448 g/mol. The summed E-state index contributed by atoms with van der Waals surface area (Å²) in [6.45, 7) is 0.490. The normalized spacial score (nSPS) is 17.9. The van der Waals surface area contributed by atoms with Crippen molar-refractivity contribution in [3.8, 4) is 17.1 Å². The maximum Gasteiger partial charge on any atom is 0.259 e. The molecule has 1 aliphatic rings. The van der Waals surface area contributed by atoms with E-state index in [9.17, 15) is 9.90 Å². The maximum absolute atomic E-state index is 12.5. The molecule has 0 bridgehead atoms. The first-order valence-electron chi connectivity index (χ1n) is 10.9. The SMILES string of the molecule is CN1CC[C@](O)(c2cncc(-c3ccn(-c4ccnc(Nc5cnn6cccnc56)n4)n3)c2)C1=O. The fourth-order valence-corrected chi connectivity index (χ4v) is 4.11. The molecule has 1 aliphatic heterocycles. The Hall–Kier alpha value is -4.71. The Kier molecular flexibility index (Phi) is 4.74. The number of carbonyl (C=O) groups excluding carboxylic acids is 1. The van der Waals surface area contributed by atoms with Crippen molar-refractivity contribution in [1.82, 2.24) is 44.2 Å². The van der Waals surface area contributed by atoms with Crippen LogP contribution in [0.1, 0.15) is 12.0 Å². The van der Waals surface area contributed by atoms with Gasteiger partial charge >= 0.3 is 0 Å². The lowest BCUT2D eigenvalue weighted by Crippen LogP contribution is -2.36. The number of aliphatic hydroxyl groups is 1. The van der Waals surface area contributed by atoms with E-state index >= 15 is 0 Å². The lowest BCUT2D eigenvalue weighted by Gasteiger charge is -2.21. The van der Waals surface area contributed by atoms with Gasteiger partial charge in [0.15, 0.2) is 17.1 Å². The van der Waals surface area contributed by atoms with Crippen molar-refractivity contribution >= 4 is 23.2 Å². The maximum atomic E-state index is 12.5. The summed E-state index contributed by atoms with van der Waals surface area (Å²) in [7, 11) is 1.68. The number of aromatic nitrogens is 8. The van der Waals surface area contributed by atoms with E-state index in [1.165, 1.54) is 11.1 Å². The molecule has 12 heteroatoms. The average Bonchev–Trinajstić information content (AvgIpc) is 3.61. The smallest absolute Gasteiger partial charge is 0.259 e. The Balaban J connectivity index is 1.27. The molecule has 5 aromatic heterocycles. The van der Waals surface area contributed by atoms with Crippen molar-refractivity contribution in [3.63, 3.8) is 0 Å². The molecule has 0 aromatic carbocycles. The second-order valence-electron chi connectivity index (χ2n) is 8.25. The summed E-state index contributed by atoms with van der Waals surface area (Å²) in [5, 5.41) is 23.0. The average molecular weight is 468 g/mol. The zero-order chi connectivity index (χ0) is 24.0. The van der Waals surface area contributed by atoms with Crippen LogP contribution in [0, 0.1) is 0 Å². The summed E-state index contributed by atoms with van der Waals surface area (Å²) >= 11 is 0. The topological polar surface area (TPSA) is 139 Å². The minimum absolute atomic E-state index is 0.320. The highest BCUT2D eigenvalue weighted by Crippen LogP contribution is 2.33. The van der Waals surface area contributed by atoms with Crippen LogP contribution < -0.4 is 5.32 Å². The van der Waals surface area contributed by atoms with Crippen LogP contribution in [-0.4, -0.2) is 68.8 Å². The second-order valence-corrected chi connectivity index (χ2v) is 8.25. The van der Waals surface area contributed by atoms with Crippen molar-refractivity contribution in [2.24, 2.45) is 0 Å². The number of hydrogen-bond donors (Lipinski definition) is 2. The van der Waals surface area contributed by atoms with Crippen LogP contribution in [0.5, 0.6) is 0 Å². The highest BCUT2D eigenvalue weighted by molar-refractivity contribution is 5.88. The molecule has 12 nitrogen and oxygen atoms in total. The summed E-state index contributed by atoms with van der Waals surface area (Å²) in [5.74, 6) is 0.591. The third kappa shape index (κ3) is 3.56. The number of anilines is 2. The number of likely N-dealkylation sites (N-methyl/N-ethyl adjacent to an activating group) is 1. The van der Waals surface area contributed by atoms with Crippen LogP contribution >= 0.6 is 0 Å². The van der Waals surface area contributed by atoms with Gasteiger partial charge in [-0.1, -0.05) is 0 Å². The zero-order valence-electron chi connectivity index (χ0n) is 18.6. The van der Waals surface area contributed by atoms with E-state index in [0.717, 1.165) is 0 Å². The number of nitrogens with zero attached hydrogens (tertiary/aromatic N) is 9. The van der Waals surface area contributed by atoms with Crippen LogP contribution in [0.2, 0.25) is 0 Å². The molecule has 1 saturated heterocycles. The summed E-state index contributed by atoms with van der Waals surface area (Å²) in [6, 6.07) is 7.10. The second kappa shape index (κ2) is 7.95. The first-order valence-corrected chi connectivity index (χ1v) is 10.9. The number of likely N-dealkylation sites (tertiary alicyclic amines) is 1. The van der Waals surface area contributed by atoms with Gasteiger partial charge in [-0.05, 0) is 18.2 Å². The van der Waals surface area contributed by atoms with Gasteiger partial charge in [0.25, 0.3) is 5.91 Å². The van der Waals surface area contributed by atoms with E-state index in [-0.39, 0.29) is 5.91 Å². The van der Waals surface area contributed by atoms with Crippen molar-refractivity contribution in [2.45, 2.75) is 12.0 Å². The van der Waals surface area contributed by atoms with Gasteiger partial charge in [-0.25, -0.2) is 19.2 Å². The Bertz CT molecular complexity index is 1560. The van der Waals surface area contributed by atoms with Gasteiger partial charge in [-0.3, -0.25) is 9.78 Å². The van der Waals surface area contributed by atoms with Crippen molar-refractivity contribution in [1.29, 1.82) is 0 Å². The molecule has 35 heavy (non-hydrogen) atoms. The Morgan fingerprint density at radius 3 is 2.89 bits per heavy atom. The van der Waals surface area contributed by atoms with E-state index in [1.807, 2.05) is 6.07 Å². The number of hydrogen-bond acceptors (Lipinski definition) is 9. The molecule has 0 radical (unpaired) electrons. The molecule has 1 atom stereocenters. The third-order valence-electron chi connectivity index (χ3n) is 6.01. The quantitative estimate of drug-likeness (QED) is 0.393.